The van der Waals surface area contributed by atoms with E-state index >= 15 is 0 Å². The number of hydrogen-bond donors (Lipinski definition) is 2. The summed E-state index contributed by atoms with van der Waals surface area (Å²) in [6, 6.07) is 19.3. The van der Waals surface area contributed by atoms with Gasteiger partial charge in [0.25, 0.3) is 0 Å². The van der Waals surface area contributed by atoms with Crippen LogP contribution in [0.4, 0.5) is 39.4 Å². The summed E-state index contributed by atoms with van der Waals surface area (Å²) in [6.45, 7) is 1.77. The molecule has 0 amide bonds. The number of fused-ring (bicyclic) bond motifs is 1. The Morgan fingerprint density at radius 3 is 1.95 bits per heavy atom. The fourth-order valence-electron chi connectivity index (χ4n) is 5.79. The number of aromatic nitrogens is 3. The molecule has 12 heteroatoms. The number of alkyl halides is 3. The van der Waals surface area contributed by atoms with Gasteiger partial charge < -0.3 is 16.0 Å². The lowest BCUT2D eigenvalue weighted by atomic mass is 9.95. The van der Waals surface area contributed by atoms with E-state index in [2.05, 4.69) is 25.2 Å². The van der Waals surface area contributed by atoms with E-state index in [9.17, 15) is 22.0 Å². The van der Waals surface area contributed by atoms with Crippen LogP contribution in [0.25, 0.3) is 22.3 Å². The molecule has 1 saturated heterocycles. The second-order valence-electron chi connectivity index (χ2n) is 10.5. The van der Waals surface area contributed by atoms with Crippen LogP contribution >= 0.6 is 0 Å². The molecule has 0 radical (unpaired) electrons. The minimum absolute atomic E-state index is 0.0489. The van der Waals surface area contributed by atoms with Crippen molar-refractivity contribution < 1.29 is 22.0 Å². The van der Waals surface area contributed by atoms with Crippen LogP contribution in [0, 0.1) is 11.6 Å². The summed E-state index contributed by atoms with van der Waals surface area (Å²) < 4.78 is 70.8. The Hall–Kier alpha value is -4.84. The summed E-state index contributed by atoms with van der Waals surface area (Å²) in [4.78, 5) is 16.9. The highest BCUT2D eigenvalue weighted by molar-refractivity contribution is 5.91. The first kappa shape index (κ1) is 29.2. The molecule has 2 aromatic heterocycles. The summed E-state index contributed by atoms with van der Waals surface area (Å²) >= 11 is 0. The molecule has 3 N–H and O–H groups in total. The lowest BCUT2D eigenvalue weighted by molar-refractivity contribution is -0.137. The predicted molar refractivity (Wildman–Crippen MR) is 160 cm³/mol. The third-order valence-electron chi connectivity index (χ3n) is 7.81. The third-order valence-corrected chi connectivity index (χ3v) is 7.81. The van der Waals surface area contributed by atoms with Gasteiger partial charge in [0.2, 0.25) is 5.95 Å². The van der Waals surface area contributed by atoms with Crippen LogP contribution in [0.1, 0.15) is 22.7 Å². The number of nitrogens with zero attached hydrogens (tertiary/aromatic N) is 5. The molecule has 0 aliphatic carbocycles. The molecule has 3 heterocycles. The molecule has 0 saturated carbocycles. The van der Waals surface area contributed by atoms with Gasteiger partial charge in [0.05, 0.1) is 22.7 Å². The van der Waals surface area contributed by atoms with Crippen LogP contribution in [-0.2, 0) is 6.18 Å². The lowest BCUT2D eigenvalue weighted by Crippen LogP contribution is -2.48. The SMILES string of the molecule is CNc1nc(N)nc2nc(-c3c(N4CCN(C(c5ccc(F)cc5)c5ccc(F)cc5)CC4)cccc3C(F)(F)F)ccc12. The van der Waals surface area contributed by atoms with Crippen LogP contribution < -0.4 is 16.0 Å². The number of halogens is 5. The number of hydrogen-bond acceptors (Lipinski definition) is 7. The Morgan fingerprint density at radius 2 is 1.39 bits per heavy atom. The monoisotopic (exact) mass is 605 g/mol. The molecule has 1 aliphatic heterocycles. The first-order valence-electron chi connectivity index (χ1n) is 13.9. The maximum absolute atomic E-state index is 14.4. The van der Waals surface area contributed by atoms with Gasteiger partial charge in [-0.05, 0) is 59.7 Å². The van der Waals surface area contributed by atoms with E-state index in [1.165, 1.54) is 36.4 Å². The molecule has 0 spiro atoms. The highest BCUT2D eigenvalue weighted by Gasteiger charge is 2.37. The number of pyridine rings is 1. The molecule has 0 atom stereocenters. The first-order valence-corrected chi connectivity index (χ1v) is 13.9. The minimum atomic E-state index is -4.64. The fourth-order valence-corrected chi connectivity index (χ4v) is 5.79. The van der Waals surface area contributed by atoms with Crippen molar-refractivity contribution in [2.75, 3.05) is 49.2 Å². The normalized spacial score (nSPS) is 14.4. The summed E-state index contributed by atoms with van der Waals surface area (Å²) in [5.41, 5.74) is 7.31. The zero-order valence-corrected chi connectivity index (χ0v) is 23.6. The van der Waals surface area contributed by atoms with Gasteiger partial charge in [0.1, 0.15) is 17.5 Å². The highest BCUT2D eigenvalue weighted by Crippen LogP contribution is 2.43. The Kier molecular flexibility index (Phi) is 7.76. The molecular weight excluding hydrogens is 577 g/mol. The predicted octanol–water partition coefficient (Wildman–Crippen LogP) is 6.52. The largest absolute Gasteiger partial charge is 0.417 e. The van der Waals surface area contributed by atoms with Crippen molar-refractivity contribution >= 4 is 28.5 Å². The van der Waals surface area contributed by atoms with Crippen LogP contribution in [0.3, 0.4) is 0 Å². The van der Waals surface area contributed by atoms with Gasteiger partial charge in [-0.1, -0.05) is 30.3 Å². The van der Waals surface area contributed by atoms with E-state index in [1.807, 2.05) is 4.90 Å². The van der Waals surface area contributed by atoms with E-state index in [0.717, 1.165) is 17.2 Å². The van der Waals surface area contributed by atoms with Crippen molar-refractivity contribution in [2.24, 2.45) is 0 Å². The number of benzene rings is 3. The standard InChI is InChI=1S/C32H28F5N7/c1-39-29-23-13-14-25(40-30(23)42-31(38)41-29)27-24(32(35,36)37)3-2-4-26(27)43-15-17-44(18-16-43)28(19-5-9-21(33)10-6-19)20-7-11-22(34)12-8-20/h2-14,28H,15-18H2,1H3,(H3,38,39,40,41,42). The third kappa shape index (κ3) is 5.72. The zero-order valence-electron chi connectivity index (χ0n) is 23.6. The van der Waals surface area contributed by atoms with E-state index < -0.39 is 11.7 Å². The zero-order chi connectivity index (χ0) is 31.0. The van der Waals surface area contributed by atoms with E-state index in [1.54, 1.807) is 43.4 Å². The van der Waals surface area contributed by atoms with Crippen LogP contribution in [0.2, 0.25) is 0 Å². The molecular formula is C32H28F5N7. The molecule has 7 nitrogen and oxygen atoms in total. The Morgan fingerprint density at radius 1 is 0.773 bits per heavy atom. The van der Waals surface area contributed by atoms with Crippen molar-refractivity contribution in [3.8, 4) is 11.3 Å². The molecule has 0 unspecified atom stereocenters. The second kappa shape index (κ2) is 11.7. The van der Waals surface area contributed by atoms with Gasteiger partial charge in [-0.3, -0.25) is 4.90 Å². The van der Waals surface area contributed by atoms with E-state index in [0.29, 0.717) is 43.1 Å². The van der Waals surface area contributed by atoms with Crippen molar-refractivity contribution in [3.63, 3.8) is 0 Å². The molecule has 6 rings (SSSR count). The van der Waals surface area contributed by atoms with E-state index in [4.69, 9.17) is 5.73 Å². The van der Waals surface area contributed by atoms with Gasteiger partial charge >= 0.3 is 6.18 Å². The quantitative estimate of drug-likeness (QED) is 0.213. The van der Waals surface area contributed by atoms with Crippen LogP contribution in [0.15, 0.2) is 78.9 Å². The average molecular weight is 606 g/mol. The van der Waals surface area contributed by atoms with Crippen molar-refractivity contribution in [1.82, 2.24) is 19.9 Å². The van der Waals surface area contributed by atoms with Crippen molar-refractivity contribution in [2.45, 2.75) is 12.2 Å². The molecule has 44 heavy (non-hydrogen) atoms. The van der Waals surface area contributed by atoms with E-state index in [-0.39, 0.29) is 40.5 Å². The molecule has 226 valence electrons. The minimum Gasteiger partial charge on any atom is -0.372 e. The second-order valence-corrected chi connectivity index (χ2v) is 10.5. The van der Waals surface area contributed by atoms with Gasteiger partial charge in [0.15, 0.2) is 5.65 Å². The molecule has 3 aromatic carbocycles. The van der Waals surface area contributed by atoms with Gasteiger partial charge in [0, 0.05) is 44.5 Å². The highest BCUT2D eigenvalue weighted by atomic mass is 19.4. The summed E-state index contributed by atoms with van der Waals surface area (Å²) in [5, 5.41) is 3.44. The van der Waals surface area contributed by atoms with Gasteiger partial charge in [-0.15, -0.1) is 0 Å². The maximum atomic E-state index is 14.4. The lowest BCUT2D eigenvalue weighted by Gasteiger charge is -2.41. The van der Waals surface area contributed by atoms with Crippen molar-refractivity contribution in [1.29, 1.82) is 0 Å². The van der Waals surface area contributed by atoms with Crippen LogP contribution in [0.5, 0.6) is 0 Å². The number of anilines is 3. The number of piperazine rings is 1. The summed E-state index contributed by atoms with van der Waals surface area (Å²) in [5.74, 6) is -0.369. The topological polar surface area (TPSA) is 83.2 Å². The summed E-state index contributed by atoms with van der Waals surface area (Å²) in [6.07, 6.45) is -4.64. The number of nitrogens with one attached hydrogen (secondary N) is 1. The average Bonchev–Trinajstić information content (AvgIpc) is 3.02. The van der Waals surface area contributed by atoms with Gasteiger partial charge in [-0.2, -0.15) is 23.1 Å². The Balaban J connectivity index is 1.36. The number of rotatable bonds is 6. The first-order chi connectivity index (χ1) is 21.1. The fraction of sp³-hybridized carbons (Fsp3) is 0.219. The van der Waals surface area contributed by atoms with Gasteiger partial charge in [-0.25, -0.2) is 13.8 Å². The smallest absolute Gasteiger partial charge is 0.372 e. The number of nitrogens with two attached hydrogens (primary N) is 1. The molecule has 0 bridgehead atoms. The summed E-state index contributed by atoms with van der Waals surface area (Å²) in [7, 11) is 1.66. The van der Waals surface area contributed by atoms with Crippen molar-refractivity contribution in [3.05, 3.63) is 107 Å². The maximum Gasteiger partial charge on any atom is 0.417 e. The molecule has 5 aromatic rings. The molecule has 1 fully saturated rings. The Labute approximate surface area is 250 Å². The number of nitrogen functional groups attached to an aromatic ring is 1. The van der Waals surface area contributed by atoms with Crippen LogP contribution in [-0.4, -0.2) is 53.1 Å². The molecule has 1 aliphatic rings. The Bertz CT molecular complexity index is 1740.